The maximum Gasteiger partial charge on any atom is 0.134 e. The van der Waals surface area contributed by atoms with E-state index in [4.69, 9.17) is 0 Å². The van der Waals surface area contributed by atoms with Gasteiger partial charge in [-0.3, -0.25) is 0 Å². The zero-order chi connectivity index (χ0) is 13.8. The summed E-state index contributed by atoms with van der Waals surface area (Å²) in [5, 5.41) is 6.53. The zero-order valence-corrected chi connectivity index (χ0v) is 12.3. The fourth-order valence-electron chi connectivity index (χ4n) is 1.57. The fourth-order valence-corrected chi connectivity index (χ4v) is 1.57. The van der Waals surface area contributed by atoms with Gasteiger partial charge in [-0.2, -0.15) is 0 Å². The van der Waals surface area contributed by atoms with Crippen molar-refractivity contribution in [3.05, 3.63) is 11.9 Å². The standard InChI is InChI=1S/C13H25N5/c1-7-10-11(14-4)16-9-17-12(10)15-8-13(2,3)18(5)6/h9H,7-8H2,1-6H3,(H2,14,15,16,17). The molecular weight excluding hydrogens is 226 g/mol. The maximum atomic E-state index is 4.34. The van der Waals surface area contributed by atoms with Crippen LogP contribution in [-0.4, -0.2) is 48.1 Å². The Balaban J connectivity index is 2.85. The second-order valence-electron chi connectivity index (χ2n) is 5.21. The molecule has 0 unspecified atom stereocenters. The van der Waals surface area contributed by atoms with Crippen molar-refractivity contribution >= 4 is 11.6 Å². The summed E-state index contributed by atoms with van der Waals surface area (Å²) in [5.41, 5.74) is 1.21. The number of nitrogens with one attached hydrogen (secondary N) is 2. The van der Waals surface area contributed by atoms with Gasteiger partial charge >= 0.3 is 0 Å². The molecule has 5 nitrogen and oxygen atoms in total. The summed E-state index contributed by atoms with van der Waals surface area (Å²) in [6.07, 6.45) is 2.50. The minimum Gasteiger partial charge on any atom is -0.373 e. The van der Waals surface area contributed by atoms with Crippen LogP contribution in [0, 0.1) is 0 Å². The van der Waals surface area contributed by atoms with Gasteiger partial charge in [-0.1, -0.05) is 6.92 Å². The highest BCUT2D eigenvalue weighted by molar-refractivity contribution is 5.57. The number of aromatic nitrogens is 2. The van der Waals surface area contributed by atoms with Crippen molar-refractivity contribution in [1.82, 2.24) is 14.9 Å². The van der Waals surface area contributed by atoms with Gasteiger partial charge in [0.25, 0.3) is 0 Å². The van der Waals surface area contributed by atoms with E-state index >= 15 is 0 Å². The van der Waals surface area contributed by atoms with Gasteiger partial charge in [0.05, 0.1) is 0 Å². The largest absolute Gasteiger partial charge is 0.373 e. The topological polar surface area (TPSA) is 53.1 Å². The molecule has 1 aromatic rings. The van der Waals surface area contributed by atoms with Gasteiger partial charge in [-0.15, -0.1) is 0 Å². The van der Waals surface area contributed by atoms with Gasteiger partial charge < -0.3 is 15.5 Å². The predicted octanol–water partition coefficient (Wildman–Crippen LogP) is 1.83. The van der Waals surface area contributed by atoms with Crippen molar-refractivity contribution in [1.29, 1.82) is 0 Å². The normalized spacial score (nSPS) is 11.7. The molecule has 1 rings (SSSR count). The molecule has 0 aliphatic heterocycles. The van der Waals surface area contributed by atoms with E-state index in [-0.39, 0.29) is 5.54 Å². The van der Waals surface area contributed by atoms with E-state index in [9.17, 15) is 0 Å². The fraction of sp³-hybridized carbons (Fsp3) is 0.692. The minimum absolute atomic E-state index is 0.0791. The SMILES string of the molecule is CCc1c(NC)ncnc1NCC(C)(C)N(C)C. The molecule has 0 aliphatic carbocycles. The summed E-state index contributed by atoms with van der Waals surface area (Å²) >= 11 is 0. The monoisotopic (exact) mass is 251 g/mol. The lowest BCUT2D eigenvalue weighted by Gasteiger charge is -2.33. The quantitative estimate of drug-likeness (QED) is 0.808. The third-order valence-electron chi connectivity index (χ3n) is 3.43. The highest BCUT2D eigenvalue weighted by Crippen LogP contribution is 2.21. The average Bonchev–Trinajstić information content (AvgIpc) is 2.35. The van der Waals surface area contributed by atoms with Gasteiger partial charge in [0.15, 0.2) is 0 Å². The van der Waals surface area contributed by atoms with E-state index in [0.717, 1.165) is 30.2 Å². The third kappa shape index (κ3) is 3.32. The molecule has 0 aliphatic rings. The number of hydrogen-bond acceptors (Lipinski definition) is 5. The summed E-state index contributed by atoms with van der Waals surface area (Å²) < 4.78 is 0. The highest BCUT2D eigenvalue weighted by Gasteiger charge is 2.21. The van der Waals surface area contributed by atoms with Gasteiger partial charge in [0.1, 0.15) is 18.0 Å². The average molecular weight is 251 g/mol. The lowest BCUT2D eigenvalue weighted by Crippen LogP contribution is -2.44. The number of hydrogen-bond donors (Lipinski definition) is 2. The van der Waals surface area contributed by atoms with Crippen LogP contribution >= 0.6 is 0 Å². The van der Waals surface area contributed by atoms with E-state index in [0.29, 0.717) is 0 Å². The Morgan fingerprint density at radius 1 is 1.22 bits per heavy atom. The van der Waals surface area contributed by atoms with Crippen molar-refractivity contribution in [2.75, 3.05) is 38.3 Å². The summed E-state index contributed by atoms with van der Waals surface area (Å²) in [5.74, 6) is 1.82. The van der Waals surface area contributed by atoms with Crippen LogP contribution in [0.5, 0.6) is 0 Å². The first-order valence-electron chi connectivity index (χ1n) is 6.35. The molecule has 102 valence electrons. The number of anilines is 2. The number of likely N-dealkylation sites (N-methyl/N-ethyl adjacent to an activating group) is 1. The van der Waals surface area contributed by atoms with E-state index in [1.165, 1.54) is 0 Å². The Hall–Kier alpha value is -1.36. The van der Waals surface area contributed by atoms with Crippen molar-refractivity contribution in [2.45, 2.75) is 32.7 Å². The molecule has 0 fully saturated rings. The first-order chi connectivity index (χ1) is 8.42. The molecule has 0 aromatic carbocycles. The molecule has 2 N–H and O–H groups in total. The van der Waals surface area contributed by atoms with Gasteiger partial charge in [-0.25, -0.2) is 9.97 Å². The Kier molecular flexibility index (Phi) is 4.90. The summed E-state index contributed by atoms with van der Waals surface area (Å²) in [6.45, 7) is 7.35. The smallest absolute Gasteiger partial charge is 0.134 e. The first-order valence-corrected chi connectivity index (χ1v) is 6.35. The van der Waals surface area contributed by atoms with E-state index in [1.807, 2.05) is 7.05 Å². The van der Waals surface area contributed by atoms with Crippen LogP contribution < -0.4 is 10.6 Å². The highest BCUT2D eigenvalue weighted by atomic mass is 15.2. The second kappa shape index (κ2) is 6.00. The van der Waals surface area contributed by atoms with Crippen molar-refractivity contribution in [3.63, 3.8) is 0 Å². The predicted molar refractivity (Wildman–Crippen MR) is 77.2 cm³/mol. The Morgan fingerprint density at radius 2 is 1.83 bits per heavy atom. The minimum atomic E-state index is 0.0791. The number of nitrogens with zero attached hydrogens (tertiary/aromatic N) is 3. The summed E-state index contributed by atoms with van der Waals surface area (Å²) in [4.78, 5) is 10.8. The summed E-state index contributed by atoms with van der Waals surface area (Å²) in [7, 11) is 6.05. The van der Waals surface area contributed by atoms with Crippen molar-refractivity contribution in [2.24, 2.45) is 0 Å². The van der Waals surface area contributed by atoms with Crippen LogP contribution in [0.1, 0.15) is 26.3 Å². The van der Waals surface area contributed by atoms with Gasteiger partial charge in [0.2, 0.25) is 0 Å². The number of rotatable bonds is 6. The van der Waals surface area contributed by atoms with E-state index < -0.39 is 0 Å². The van der Waals surface area contributed by atoms with E-state index in [2.05, 4.69) is 60.4 Å². The van der Waals surface area contributed by atoms with Crippen molar-refractivity contribution in [3.8, 4) is 0 Å². The van der Waals surface area contributed by atoms with Crippen LogP contribution in [0.15, 0.2) is 6.33 Å². The lowest BCUT2D eigenvalue weighted by molar-refractivity contribution is 0.210. The lowest BCUT2D eigenvalue weighted by atomic mass is 10.0. The maximum absolute atomic E-state index is 4.34. The van der Waals surface area contributed by atoms with Gasteiger partial charge in [0, 0.05) is 24.7 Å². The van der Waals surface area contributed by atoms with Crippen LogP contribution in [0.3, 0.4) is 0 Å². The Bertz CT molecular complexity index is 387. The molecule has 1 aromatic heterocycles. The van der Waals surface area contributed by atoms with Crippen molar-refractivity contribution < 1.29 is 0 Å². The Labute approximate surface area is 110 Å². The molecule has 18 heavy (non-hydrogen) atoms. The molecule has 5 heteroatoms. The third-order valence-corrected chi connectivity index (χ3v) is 3.43. The van der Waals surface area contributed by atoms with Crippen LogP contribution in [0.2, 0.25) is 0 Å². The first kappa shape index (κ1) is 14.7. The van der Waals surface area contributed by atoms with E-state index in [1.54, 1.807) is 6.33 Å². The molecule has 0 spiro atoms. The van der Waals surface area contributed by atoms with Crippen LogP contribution in [0.4, 0.5) is 11.6 Å². The second-order valence-corrected chi connectivity index (χ2v) is 5.21. The molecule has 0 radical (unpaired) electrons. The van der Waals surface area contributed by atoms with Crippen LogP contribution in [0.25, 0.3) is 0 Å². The zero-order valence-electron chi connectivity index (χ0n) is 12.3. The molecular formula is C13H25N5. The molecule has 0 saturated heterocycles. The Morgan fingerprint density at radius 3 is 2.33 bits per heavy atom. The molecule has 0 bridgehead atoms. The summed E-state index contributed by atoms with van der Waals surface area (Å²) in [6, 6.07) is 0. The van der Waals surface area contributed by atoms with Gasteiger partial charge in [-0.05, 0) is 34.4 Å². The molecule has 1 heterocycles. The molecule has 0 amide bonds. The molecule has 0 atom stereocenters. The molecule has 0 saturated carbocycles. The van der Waals surface area contributed by atoms with Crippen LogP contribution in [-0.2, 0) is 6.42 Å².